The number of aliphatic hydroxyl groups is 1. The number of aliphatic hydroxyl groups excluding tert-OH is 1. The largest absolute Gasteiger partial charge is 0.473 e. The molecule has 2 N–H and O–H groups in total. The third-order valence-corrected chi connectivity index (χ3v) is 1.83. The first-order valence-corrected chi connectivity index (χ1v) is 4.76. The minimum Gasteiger partial charge on any atom is -0.473 e. The summed E-state index contributed by atoms with van der Waals surface area (Å²) in [6, 6.07) is 2.82. The van der Waals surface area contributed by atoms with E-state index in [0.717, 1.165) is 0 Å². The van der Waals surface area contributed by atoms with Gasteiger partial charge in [0.1, 0.15) is 5.82 Å². The summed E-state index contributed by atoms with van der Waals surface area (Å²) in [6.45, 7) is 0.164. The Morgan fingerprint density at radius 2 is 2.38 bits per heavy atom. The van der Waals surface area contributed by atoms with E-state index in [0.29, 0.717) is 12.2 Å². The highest BCUT2D eigenvalue weighted by Gasteiger charge is 2.17. The van der Waals surface area contributed by atoms with E-state index in [1.165, 1.54) is 12.1 Å². The van der Waals surface area contributed by atoms with Crippen LogP contribution in [0.15, 0.2) is 12.1 Å². The van der Waals surface area contributed by atoms with Crippen molar-refractivity contribution in [3.63, 3.8) is 0 Å². The molecule has 1 aromatic rings. The number of nitrogens with zero attached hydrogens (tertiary/aromatic N) is 2. The third-order valence-electron chi connectivity index (χ3n) is 1.83. The van der Waals surface area contributed by atoms with E-state index in [-0.39, 0.29) is 24.8 Å². The molecular weight excluding hydrogens is 214 g/mol. The monoisotopic (exact) mass is 227 g/mol. The number of nitro groups is 1. The molecule has 1 heterocycles. The maximum atomic E-state index is 10.7. The Labute approximate surface area is 92.2 Å². The van der Waals surface area contributed by atoms with Gasteiger partial charge in [-0.1, -0.05) is 0 Å². The lowest BCUT2D eigenvalue weighted by Crippen LogP contribution is -2.05. The zero-order chi connectivity index (χ0) is 12.0. The van der Waals surface area contributed by atoms with Gasteiger partial charge in [-0.2, -0.15) is 4.98 Å². The van der Waals surface area contributed by atoms with Gasteiger partial charge in [0.15, 0.2) is 0 Å². The van der Waals surface area contributed by atoms with Crippen LogP contribution in [0.3, 0.4) is 0 Å². The SMILES string of the molecule is CNc1ccc([N+](=O)[O-])c(OCCCO)n1. The number of pyridine rings is 1. The van der Waals surface area contributed by atoms with Crippen LogP contribution in [0.25, 0.3) is 0 Å². The van der Waals surface area contributed by atoms with Crippen molar-refractivity contribution >= 4 is 11.5 Å². The molecule has 7 heteroatoms. The highest BCUT2D eigenvalue weighted by atomic mass is 16.6. The molecule has 0 atom stereocenters. The molecule has 0 aliphatic rings. The van der Waals surface area contributed by atoms with E-state index in [1.807, 2.05) is 0 Å². The zero-order valence-corrected chi connectivity index (χ0v) is 8.84. The van der Waals surface area contributed by atoms with Crippen LogP contribution in [-0.4, -0.2) is 35.3 Å². The molecule has 0 radical (unpaired) electrons. The number of hydrogen-bond acceptors (Lipinski definition) is 6. The van der Waals surface area contributed by atoms with Crippen molar-refractivity contribution in [3.05, 3.63) is 22.2 Å². The summed E-state index contributed by atoms with van der Waals surface area (Å²) in [6.07, 6.45) is 0.405. The average Bonchev–Trinajstić information content (AvgIpc) is 2.29. The number of rotatable bonds is 6. The molecule has 1 rings (SSSR count). The van der Waals surface area contributed by atoms with Gasteiger partial charge >= 0.3 is 5.69 Å². The molecule has 0 saturated carbocycles. The Hall–Kier alpha value is -1.89. The molecule has 0 fully saturated rings. The quantitative estimate of drug-likeness (QED) is 0.423. The van der Waals surface area contributed by atoms with Crippen LogP contribution in [0.2, 0.25) is 0 Å². The molecule has 0 aliphatic heterocycles. The maximum absolute atomic E-state index is 10.7. The summed E-state index contributed by atoms with van der Waals surface area (Å²) in [4.78, 5) is 14.0. The molecule has 0 aliphatic carbocycles. The van der Waals surface area contributed by atoms with Gasteiger partial charge in [-0.25, -0.2) is 0 Å². The Morgan fingerprint density at radius 3 is 2.94 bits per heavy atom. The summed E-state index contributed by atoms with van der Waals surface area (Å²) in [7, 11) is 1.66. The normalized spacial score (nSPS) is 9.88. The minimum absolute atomic E-state index is 0.0283. The van der Waals surface area contributed by atoms with Gasteiger partial charge in [0.05, 0.1) is 11.5 Å². The van der Waals surface area contributed by atoms with Crippen molar-refractivity contribution in [1.82, 2.24) is 4.98 Å². The lowest BCUT2D eigenvalue weighted by molar-refractivity contribution is -0.386. The predicted octanol–water partition coefficient (Wildman–Crippen LogP) is 0.793. The molecule has 7 nitrogen and oxygen atoms in total. The van der Waals surface area contributed by atoms with Crippen LogP contribution in [0.4, 0.5) is 11.5 Å². The second kappa shape index (κ2) is 5.86. The van der Waals surface area contributed by atoms with Gasteiger partial charge in [-0.3, -0.25) is 10.1 Å². The fraction of sp³-hybridized carbons (Fsp3) is 0.444. The van der Waals surface area contributed by atoms with Gasteiger partial charge in [-0.15, -0.1) is 0 Å². The molecule has 0 bridgehead atoms. The molecule has 0 aromatic carbocycles. The molecule has 0 spiro atoms. The van der Waals surface area contributed by atoms with Gasteiger partial charge in [0.2, 0.25) is 0 Å². The van der Waals surface area contributed by atoms with Crippen LogP contribution < -0.4 is 10.1 Å². The fourth-order valence-electron chi connectivity index (χ4n) is 1.05. The van der Waals surface area contributed by atoms with Crippen LogP contribution >= 0.6 is 0 Å². The second-order valence-electron chi connectivity index (χ2n) is 2.95. The van der Waals surface area contributed by atoms with Crippen LogP contribution in [0, 0.1) is 10.1 Å². The number of aromatic nitrogens is 1. The highest BCUT2D eigenvalue weighted by molar-refractivity contribution is 5.48. The molecule has 88 valence electrons. The Kier molecular flexibility index (Phi) is 4.46. The molecule has 0 saturated heterocycles. The summed E-state index contributed by atoms with van der Waals surface area (Å²) in [5, 5.41) is 22.0. The van der Waals surface area contributed by atoms with Crippen molar-refractivity contribution < 1.29 is 14.8 Å². The summed E-state index contributed by atoms with van der Waals surface area (Å²) >= 11 is 0. The van der Waals surface area contributed by atoms with E-state index < -0.39 is 4.92 Å². The fourth-order valence-corrected chi connectivity index (χ4v) is 1.05. The standard InChI is InChI=1S/C9H13N3O4/c1-10-8-4-3-7(12(14)15)9(11-8)16-6-2-5-13/h3-4,13H,2,5-6H2,1H3,(H,10,11). The number of nitrogens with one attached hydrogen (secondary N) is 1. The second-order valence-corrected chi connectivity index (χ2v) is 2.95. The van der Waals surface area contributed by atoms with Gasteiger partial charge in [0.25, 0.3) is 5.88 Å². The van der Waals surface area contributed by atoms with Gasteiger partial charge < -0.3 is 15.2 Å². The smallest absolute Gasteiger partial charge is 0.331 e. The Balaban J connectivity index is 2.87. The Morgan fingerprint density at radius 1 is 1.62 bits per heavy atom. The van der Waals surface area contributed by atoms with E-state index >= 15 is 0 Å². The Bertz CT molecular complexity index is 370. The van der Waals surface area contributed by atoms with Crippen LogP contribution in [0.1, 0.15) is 6.42 Å². The van der Waals surface area contributed by atoms with Crippen molar-refractivity contribution in [2.24, 2.45) is 0 Å². The molecule has 0 amide bonds. The summed E-state index contributed by atoms with van der Waals surface area (Å²) in [5.74, 6) is 0.454. The lowest BCUT2D eigenvalue weighted by atomic mass is 10.4. The van der Waals surface area contributed by atoms with Gasteiger partial charge in [-0.05, 0) is 6.07 Å². The first-order chi connectivity index (χ1) is 7.69. The lowest BCUT2D eigenvalue weighted by Gasteiger charge is -2.06. The van der Waals surface area contributed by atoms with Crippen molar-refractivity contribution in [3.8, 4) is 5.88 Å². The minimum atomic E-state index is -0.555. The average molecular weight is 227 g/mol. The van der Waals surface area contributed by atoms with Crippen LogP contribution in [0.5, 0.6) is 5.88 Å². The maximum Gasteiger partial charge on any atom is 0.331 e. The van der Waals surface area contributed by atoms with E-state index in [1.54, 1.807) is 7.05 Å². The summed E-state index contributed by atoms with van der Waals surface area (Å²) in [5.41, 5.74) is -0.183. The first-order valence-electron chi connectivity index (χ1n) is 4.76. The third kappa shape index (κ3) is 3.06. The molecule has 0 unspecified atom stereocenters. The number of hydrogen-bond donors (Lipinski definition) is 2. The molecule has 1 aromatic heterocycles. The predicted molar refractivity (Wildman–Crippen MR) is 57.6 cm³/mol. The molecule has 16 heavy (non-hydrogen) atoms. The number of ether oxygens (including phenoxy) is 1. The zero-order valence-electron chi connectivity index (χ0n) is 8.84. The first kappa shape index (κ1) is 12.2. The topological polar surface area (TPSA) is 97.5 Å². The van der Waals surface area contributed by atoms with Crippen molar-refractivity contribution in [1.29, 1.82) is 0 Å². The highest BCUT2D eigenvalue weighted by Crippen LogP contribution is 2.26. The van der Waals surface area contributed by atoms with E-state index in [9.17, 15) is 10.1 Å². The van der Waals surface area contributed by atoms with E-state index in [2.05, 4.69) is 10.3 Å². The van der Waals surface area contributed by atoms with Crippen LogP contribution in [-0.2, 0) is 0 Å². The molecular formula is C9H13N3O4. The summed E-state index contributed by atoms with van der Waals surface area (Å²) < 4.78 is 5.13. The van der Waals surface area contributed by atoms with Gasteiger partial charge in [0, 0.05) is 26.1 Å². The van der Waals surface area contributed by atoms with Crippen molar-refractivity contribution in [2.45, 2.75) is 6.42 Å². The van der Waals surface area contributed by atoms with Crippen molar-refractivity contribution in [2.75, 3.05) is 25.6 Å². The number of anilines is 1. The van der Waals surface area contributed by atoms with E-state index in [4.69, 9.17) is 9.84 Å².